The second-order valence-corrected chi connectivity index (χ2v) is 5.23. The molecule has 0 saturated carbocycles. The van der Waals surface area contributed by atoms with Crippen LogP contribution in [-0.2, 0) is 0 Å². The number of amides is 1. The van der Waals surface area contributed by atoms with Gasteiger partial charge < -0.3 is 16.4 Å². The highest BCUT2D eigenvalue weighted by atomic mass is 32.1. The standard InChI is InChI=1S/C13H15FN4OS/c1-7(8-4-3-5-9(14)6-8)17-12(19)10-11(15)18-13(16-2)20-10/h3-7H,15H2,1-2H3,(H,16,18)(H,17,19). The van der Waals surface area contributed by atoms with E-state index < -0.39 is 0 Å². The summed E-state index contributed by atoms with van der Waals surface area (Å²) in [4.78, 5) is 16.5. The third-order valence-electron chi connectivity index (χ3n) is 2.77. The zero-order valence-corrected chi connectivity index (χ0v) is 11.9. The minimum absolute atomic E-state index is 0.184. The summed E-state index contributed by atoms with van der Waals surface area (Å²) < 4.78 is 13.2. The Bertz CT molecular complexity index is 629. The molecule has 106 valence electrons. The van der Waals surface area contributed by atoms with Crippen molar-refractivity contribution in [2.75, 3.05) is 18.1 Å². The van der Waals surface area contributed by atoms with E-state index in [1.807, 2.05) is 0 Å². The molecule has 1 unspecified atom stereocenters. The number of aromatic nitrogens is 1. The molecule has 1 atom stereocenters. The van der Waals surface area contributed by atoms with Crippen molar-refractivity contribution in [3.8, 4) is 0 Å². The average Bonchev–Trinajstić information content (AvgIpc) is 2.80. The molecule has 0 radical (unpaired) electrons. The second-order valence-electron chi connectivity index (χ2n) is 4.23. The van der Waals surface area contributed by atoms with E-state index in [1.165, 1.54) is 23.5 Å². The minimum Gasteiger partial charge on any atom is -0.382 e. The molecular formula is C13H15FN4OS. The molecular weight excluding hydrogens is 279 g/mol. The van der Waals surface area contributed by atoms with Gasteiger partial charge in [-0.15, -0.1) is 0 Å². The van der Waals surface area contributed by atoms with Gasteiger partial charge in [-0.3, -0.25) is 4.79 Å². The van der Waals surface area contributed by atoms with Crippen LogP contribution in [0.15, 0.2) is 24.3 Å². The highest BCUT2D eigenvalue weighted by Crippen LogP contribution is 2.25. The zero-order chi connectivity index (χ0) is 14.7. The number of carbonyl (C=O) groups is 1. The number of hydrogen-bond acceptors (Lipinski definition) is 5. The number of nitrogens with two attached hydrogens (primary N) is 1. The van der Waals surface area contributed by atoms with Crippen LogP contribution in [0.3, 0.4) is 0 Å². The maximum Gasteiger partial charge on any atom is 0.265 e. The lowest BCUT2D eigenvalue weighted by molar-refractivity contribution is 0.0944. The van der Waals surface area contributed by atoms with Crippen LogP contribution >= 0.6 is 11.3 Å². The van der Waals surface area contributed by atoms with E-state index in [-0.39, 0.29) is 23.6 Å². The fraction of sp³-hybridized carbons (Fsp3) is 0.231. The first-order valence-corrected chi connectivity index (χ1v) is 6.83. The summed E-state index contributed by atoms with van der Waals surface area (Å²) in [6.45, 7) is 1.78. The molecule has 5 nitrogen and oxygen atoms in total. The van der Waals surface area contributed by atoms with Gasteiger partial charge in [0.2, 0.25) is 0 Å². The van der Waals surface area contributed by atoms with E-state index in [0.717, 1.165) is 0 Å². The van der Waals surface area contributed by atoms with Gasteiger partial charge >= 0.3 is 0 Å². The molecule has 0 fully saturated rings. The molecule has 1 aromatic carbocycles. The third-order valence-corrected chi connectivity index (χ3v) is 3.86. The van der Waals surface area contributed by atoms with Crippen LogP contribution in [0.5, 0.6) is 0 Å². The van der Waals surface area contributed by atoms with Gasteiger partial charge in [-0.25, -0.2) is 9.37 Å². The van der Waals surface area contributed by atoms with Gasteiger partial charge in [0.05, 0.1) is 6.04 Å². The number of anilines is 2. The van der Waals surface area contributed by atoms with Crippen molar-refractivity contribution in [3.05, 3.63) is 40.5 Å². The fourth-order valence-corrected chi connectivity index (χ4v) is 2.46. The van der Waals surface area contributed by atoms with Crippen molar-refractivity contribution in [1.29, 1.82) is 0 Å². The zero-order valence-electron chi connectivity index (χ0n) is 11.1. The Balaban J connectivity index is 2.12. The van der Waals surface area contributed by atoms with Crippen molar-refractivity contribution in [2.24, 2.45) is 0 Å². The normalized spacial score (nSPS) is 11.9. The second kappa shape index (κ2) is 5.87. The van der Waals surface area contributed by atoms with Crippen LogP contribution in [-0.4, -0.2) is 17.9 Å². The Morgan fingerprint density at radius 3 is 2.85 bits per heavy atom. The van der Waals surface area contributed by atoms with Crippen molar-refractivity contribution in [2.45, 2.75) is 13.0 Å². The van der Waals surface area contributed by atoms with Crippen LogP contribution < -0.4 is 16.4 Å². The summed E-state index contributed by atoms with van der Waals surface area (Å²) in [7, 11) is 1.70. The summed E-state index contributed by atoms with van der Waals surface area (Å²) >= 11 is 1.17. The largest absolute Gasteiger partial charge is 0.382 e. The van der Waals surface area contributed by atoms with Crippen LogP contribution in [0.1, 0.15) is 28.2 Å². The number of nitrogen functional groups attached to an aromatic ring is 1. The molecule has 0 spiro atoms. The lowest BCUT2D eigenvalue weighted by Gasteiger charge is -2.13. The lowest BCUT2D eigenvalue weighted by atomic mass is 10.1. The molecule has 20 heavy (non-hydrogen) atoms. The van der Waals surface area contributed by atoms with Gasteiger partial charge in [0.25, 0.3) is 5.91 Å². The summed E-state index contributed by atoms with van der Waals surface area (Å²) in [5, 5.41) is 6.18. The first-order valence-electron chi connectivity index (χ1n) is 6.01. The highest BCUT2D eigenvalue weighted by molar-refractivity contribution is 7.18. The Morgan fingerprint density at radius 1 is 1.50 bits per heavy atom. The topological polar surface area (TPSA) is 80.0 Å². The molecule has 2 aromatic rings. The number of hydrogen-bond donors (Lipinski definition) is 3. The van der Waals surface area contributed by atoms with Crippen LogP contribution in [0, 0.1) is 5.82 Å². The molecule has 1 heterocycles. The molecule has 4 N–H and O–H groups in total. The minimum atomic E-state index is -0.335. The molecule has 0 aliphatic carbocycles. The molecule has 7 heteroatoms. The fourth-order valence-electron chi connectivity index (χ4n) is 1.72. The predicted octanol–water partition coefficient (Wildman–Crippen LogP) is 2.40. The monoisotopic (exact) mass is 294 g/mol. The number of carbonyl (C=O) groups excluding carboxylic acids is 1. The van der Waals surface area contributed by atoms with Gasteiger partial charge in [0.15, 0.2) is 5.13 Å². The molecule has 1 amide bonds. The van der Waals surface area contributed by atoms with Crippen molar-refractivity contribution in [3.63, 3.8) is 0 Å². The lowest BCUT2D eigenvalue weighted by Crippen LogP contribution is -2.26. The van der Waals surface area contributed by atoms with Gasteiger partial charge in [-0.2, -0.15) is 0 Å². The van der Waals surface area contributed by atoms with Crippen LogP contribution in [0.25, 0.3) is 0 Å². The molecule has 0 aliphatic heterocycles. The number of nitrogens with one attached hydrogen (secondary N) is 2. The molecule has 0 saturated heterocycles. The third kappa shape index (κ3) is 3.05. The number of rotatable bonds is 4. The van der Waals surface area contributed by atoms with Crippen LogP contribution in [0.4, 0.5) is 15.3 Å². The number of nitrogens with zero attached hydrogens (tertiary/aromatic N) is 1. The first-order chi connectivity index (χ1) is 9.51. The number of halogens is 1. The van der Waals surface area contributed by atoms with Gasteiger partial charge in [0, 0.05) is 7.05 Å². The van der Waals surface area contributed by atoms with Crippen molar-refractivity contribution in [1.82, 2.24) is 10.3 Å². The summed E-state index contributed by atoms with van der Waals surface area (Å²) in [6, 6.07) is 5.78. The van der Waals surface area contributed by atoms with E-state index >= 15 is 0 Å². The smallest absolute Gasteiger partial charge is 0.265 e. The van der Waals surface area contributed by atoms with E-state index in [0.29, 0.717) is 15.6 Å². The van der Waals surface area contributed by atoms with Gasteiger partial charge in [-0.05, 0) is 24.6 Å². The average molecular weight is 294 g/mol. The summed E-state index contributed by atoms with van der Waals surface area (Å²) in [6.07, 6.45) is 0. The van der Waals surface area contributed by atoms with Crippen molar-refractivity contribution >= 4 is 28.2 Å². The summed E-state index contributed by atoms with van der Waals surface area (Å²) in [5.41, 5.74) is 6.38. The van der Waals surface area contributed by atoms with Gasteiger partial charge in [0.1, 0.15) is 16.5 Å². The van der Waals surface area contributed by atoms with E-state index in [9.17, 15) is 9.18 Å². The molecule has 2 rings (SSSR count). The highest BCUT2D eigenvalue weighted by Gasteiger charge is 2.18. The van der Waals surface area contributed by atoms with Crippen LogP contribution in [0.2, 0.25) is 0 Å². The Kier molecular flexibility index (Phi) is 4.19. The van der Waals surface area contributed by atoms with Crippen molar-refractivity contribution < 1.29 is 9.18 Å². The predicted molar refractivity (Wildman–Crippen MR) is 78.4 cm³/mol. The maximum absolute atomic E-state index is 13.2. The maximum atomic E-state index is 13.2. The summed E-state index contributed by atoms with van der Waals surface area (Å²) in [5.74, 6) is -0.472. The van der Waals surface area contributed by atoms with Gasteiger partial charge in [-0.1, -0.05) is 23.5 Å². The molecule has 0 aliphatic rings. The Morgan fingerprint density at radius 2 is 2.25 bits per heavy atom. The van der Waals surface area contributed by atoms with E-state index in [1.54, 1.807) is 26.1 Å². The SMILES string of the molecule is CNc1nc(N)c(C(=O)NC(C)c2cccc(F)c2)s1. The Hall–Kier alpha value is -2.15. The Labute approximate surface area is 120 Å². The first kappa shape index (κ1) is 14.3. The van der Waals surface area contributed by atoms with E-state index in [4.69, 9.17) is 5.73 Å². The molecule has 0 bridgehead atoms. The molecule has 1 aromatic heterocycles. The van der Waals surface area contributed by atoms with E-state index in [2.05, 4.69) is 15.6 Å². The quantitative estimate of drug-likeness (QED) is 0.809. The number of benzene rings is 1. The number of thiazole rings is 1.